The minimum atomic E-state index is -2.62. The van der Waals surface area contributed by atoms with E-state index in [1.165, 1.54) is 26.6 Å². The van der Waals surface area contributed by atoms with Gasteiger partial charge in [0.25, 0.3) is 6.43 Å². The first-order valence-corrected chi connectivity index (χ1v) is 5.49. The first kappa shape index (κ1) is 13.3. The van der Waals surface area contributed by atoms with Gasteiger partial charge in [0.1, 0.15) is 18.1 Å². The monoisotopic (exact) mass is 269 g/mol. The molecular weight excluding hydrogens is 256 g/mol. The number of ether oxygens (including phenoxy) is 1. The van der Waals surface area contributed by atoms with Crippen molar-refractivity contribution in [1.29, 1.82) is 0 Å². The summed E-state index contributed by atoms with van der Waals surface area (Å²) in [7, 11) is 2.99. The molecule has 0 spiro atoms. The third kappa shape index (κ3) is 3.02. The number of methoxy groups -OCH3 is 1. The molecule has 0 aromatic carbocycles. The highest BCUT2D eigenvalue weighted by molar-refractivity contribution is 5.58. The second kappa shape index (κ2) is 5.70. The quantitative estimate of drug-likeness (QED) is 0.899. The van der Waals surface area contributed by atoms with Crippen LogP contribution in [0, 0.1) is 0 Å². The zero-order valence-electron chi connectivity index (χ0n) is 10.5. The van der Waals surface area contributed by atoms with Crippen molar-refractivity contribution in [3.05, 3.63) is 30.0 Å². The number of halogens is 2. The van der Waals surface area contributed by atoms with Crippen molar-refractivity contribution in [2.75, 3.05) is 12.4 Å². The summed E-state index contributed by atoms with van der Waals surface area (Å²) in [5, 5.41) is 6.60. The van der Waals surface area contributed by atoms with Crippen LogP contribution in [-0.4, -0.2) is 26.9 Å². The minimum absolute atomic E-state index is 0.188. The number of nitrogens with zero attached hydrogens (tertiary/aromatic N) is 4. The molecule has 1 N–H and O–H groups in total. The number of alkyl halides is 2. The lowest BCUT2D eigenvalue weighted by molar-refractivity contribution is 0.141. The predicted molar refractivity (Wildman–Crippen MR) is 64.2 cm³/mol. The van der Waals surface area contributed by atoms with Gasteiger partial charge in [-0.1, -0.05) is 0 Å². The molecule has 0 unspecified atom stereocenters. The summed E-state index contributed by atoms with van der Waals surface area (Å²) in [4.78, 5) is 8.13. The van der Waals surface area contributed by atoms with E-state index in [0.717, 1.165) is 4.68 Å². The number of anilines is 2. The van der Waals surface area contributed by atoms with Gasteiger partial charge in [0.05, 0.1) is 11.9 Å². The van der Waals surface area contributed by atoms with Gasteiger partial charge >= 0.3 is 0 Å². The van der Waals surface area contributed by atoms with Gasteiger partial charge in [0.15, 0.2) is 5.82 Å². The molecular formula is C11H13F2N5O. The van der Waals surface area contributed by atoms with E-state index < -0.39 is 6.43 Å². The van der Waals surface area contributed by atoms with E-state index in [0.29, 0.717) is 11.6 Å². The number of hydrogen-bond donors (Lipinski definition) is 1. The van der Waals surface area contributed by atoms with Crippen LogP contribution in [-0.2, 0) is 18.4 Å². The van der Waals surface area contributed by atoms with Crippen molar-refractivity contribution >= 4 is 11.5 Å². The summed E-state index contributed by atoms with van der Waals surface area (Å²) >= 11 is 0. The maximum atomic E-state index is 12.9. The zero-order chi connectivity index (χ0) is 13.8. The Kier molecular flexibility index (Phi) is 4.00. The van der Waals surface area contributed by atoms with Crippen LogP contribution >= 0.6 is 0 Å². The fourth-order valence-corrected chi connectivity index (χ4v) is 1.61. The summed E-state index contributed by atoms with van der Waals surface area (Å²) in [5.41, 5.74) is 0.0338. The van der Waals surface area contributed by atoms with E-state index in [2.05, 4.69) is 20.4 Å². The normalized spacial score (nSPS) is 11.0. The first-order valence-electron chi connectivity index (χ1n) is 5.49. The lowest BCUT2D eigenvalue weighted by atomic mass is 10.3. The fourth-order valence-electron chi connectivity index (χ4n) is 1.61. The van der Waals surface area contributed by atoms with E-state index in [9.17, 15) is 8.78 Å². The Balaban J connectivity index is 2.23. The number of aromatic nitrogens is 4. The van der Waals surface area contributed by atoms with E-state index in [-0.39, 0.29) is 18.0 Å². The summed E-state index contributed by atoms with van der Waals surface area (Å²) < 4.78 is 31.8. The SMILES string of the molecule is COCc1nccc(Nc2cnn(C)c2C(F)F)n1. The van der Waals surface area contributed by atoms with Gasteiger partial charge in [-0.05, 0) is 6.07 Å². The van der Waals surface area contributed by atoms with Crippen LogP contribution in [0.15, 0.2) is 18.5 Å². The Morgan fingerprint density at radius 3 is 2.95 bits per heavy atom. The third-order valence-electron chi connectivity index (χ3n) is 2.43. The van der Waals surface area contributed by atoms with E-state index in [4.69, 9.17) is 4.74 Å². The lowest BCUT2D eigenvalue weighted by Crippen LogP contribution is -2.04. The van der Waals surface area contributed by atoms with Crippen LogP contribution in [0.5, 0.6) is 0 Å². The Bertz CT molecular complexity index is 558. The van der Waals surface area contributed by atoms with Gasteiger partial charge in [-0.3, -0.25) is 4.68 Å². The van der Waals surface area contributed by atoms with E-state index in [1.54, 1.807) is 6.07 Å². The molecule has 2 aromatic heterocycles. The smallest absolute Gasteiger partial charge is 0.282 e. The summed E-state index contributed by atoms with van der Waals surface area (Å²) in [6, 6.07) is 1.58. The first-order chi connectivity index (χ1) is 9.11. The second-order valence-electron chi connectivity index (χ2n) is 3.78. The molecule has 0 bridgehead atoms. The molecule has 2 heterocycles. The molecule has 0 radical (unpaired) electrons. The molecule has 0 aliphatic heterocycles. The summed E-state index contributed by atoms with van der Waals surface area (Å²) in [6.07, 6.45) is 0.247. The molecule has 0 aliphatic rings. The van der Waals surface area contributed by atoms with Crippen LogP contribution in [0.3, 0.4) is 0 Å². The molecule has 0 fully saturated rings. The Morgan fingerprint density at radius 2 is 2.26 bits per heavy atom. The fraction of sp³-hybridized carbons (Fsp3) is 0.364. The third-order valence-corrected chi connectivity index (χ3v) is 2.43. The van der Waals surface area contributed by atoms with Gasteiger partial charge in [-0.15, -0.1) is 0 Å². The van der Waals surface area contributed by atoms with Gasteiger partial charge in [-0.25, -0.2) is 18.7 Å². The predicted octanol–water partition coefficient (Wildman–Crippen LogP) is 2.04. The van der Waals surface area contributed by atoms with Crippen LogP contribution < -0.4 is 5.32 Å². The molecule has 19 heavy (non-hydrogen) atoms. The highest BCUT2D eigenvalue weighted by Gasteiger charge is 2.18. The number of aryl methyl sites for hydroxylation is 1. The molecule has 0 aliphatic carbocycles. The molecule has 8 heteroatoms. The lowest BCUT2D eigenvalue weighted by Gasteiger charge is -2.08. The minimum Gasteiger partial charge on any atom is -0.377 e. The van der Waals surface area contributed by atoms with Gasteiger partial charge in [-0.2, -0.15) is 5.10 Å². The van der Waals surface area contributed by atoms with Crippen molar-refractivity contribution in [2.45, 2.75) is 13.0 Å². The molecule has 0 amide bonds. The molecule has 6 nitrogen and oxygen atoms in total. The van der Waals surface area contributed by atoms with E-state index in [1.807, 2.05) is 0 Å². The summed E-state index contributed by atoms with van der Waals surface area (Å²) in [5.74, 6) is 0.881. The maximum absolute atomic E-state index is 12.9. The topological polar surface area (TPSA) is 64.9 Å². The average Bonchev–Trinajstić information content (AvgIpc) is 2.71. The maximum Gasteiger partial charge on any atom is 0.282 e. The van der Waals surface area contributed by atoms with Crippen molar-refractivity contribution < 1.29 is 13.5 Å². The van der Waals surface area contributed by atoms with Gasteiger partial charge in [0.2, 0.25) is 0 Å². The van der Waals surface area contributed by atoms with Crippen molar-refractivity contribution in [3.8, 4) is 0 Å². The Morgan fingerprint density at radius 1 is 1.47 bits per heavy atom. The Labute approximate surface area is 108 Å². The zero-order valence-corrected chi connectivity index (χ0v) is 10.5. The number of nitrogens with one attached hydrogen (secondary N) is 1. The second-order valence-corrected chi connectivity index (χ2v) is 3.78. The number of hydrogen-bond acceptors (Lipinski definition) is 5. The van der Waals surface area contributed by atoms with Crippen LogP contribution in [0.25, 0.3) is 0 Å². The highest BCUT2D eigenvalue weighted by Crippen LogP contribution is 2.27. The molecule has 2 rings (SSSR count). The molecule has 0 atom stereocenters. The molecule has 102 valence electrons. The van der Waals surface area contributed by atoms with Crippen LogP contribution in [0.1, 0.15) is 17.9 Å². The Hall–Kier alpha value is -2.09. The molecule has 2 aromatic rings. The molecule has 0 saturated heterocycles. The average molecular weight is 269 g/mol. The number of rotatable bonds is 5. The van der Waals surface area contributed by atoms with Crippen molar-refractivity contribution in [3.63, 3.8) is 0 Å². The van der Waals surface area contributed by atoms with E-state index >= 15 is 0 Å². The summed E-state index contributed by atoms with van der Waals surface area (Å²) in [6.45, 7) is 0.254. The standard InChI is InChI=1S/C11H13F2N5O/c1-18-10(11(12)13)7(5-15-18)16-8-3-4-14-9(17-8)6-19-2/h3-5,11H,6H2,1-2H3,(H,14,16,17). The van der Waals surface area contributed by atoms with Crippen LogP contribution in [0.4, 0.5) is 20.3 Å². The van der Waals surface area contributed by atoms with Crippen LogP contribution in [0.2, 0.25) is 0 Å². The van der Waals surface area contributed by atoms with Gasteiger partial charge in [0, 0.05) is 20.4 Å². The van der Waals surface area contributed by atoms with Gasteiger partial charge < -0.3 is 10.1 Å². The van der Waals surface area contributed by atoms with Crippen molar-refractivity contribution in [2.24, 2.45) is 7.05 Å². The van der Waals surface area contributed by atoms with Crippen molar-refractivity contribution in [1.82, 2.24) is 19.7 Å². The largest absolute Gasteiger partial charge is 0.377 e. The molecule has 0 saturated carbocycles. The highest BCUT2D eigenvalue weighted by atomic mass is 19.3.